The molecule has 154 valence electrons. The first-order valence-corrected chi connectivity index (χ1v) is 10.0. The third-order valence-corrected chi connectivity index (χ3v) is 5.41. The Morgan fingerprint density at radius 3 is 2.37 bits per heavy atom. The summed E-state index contributed by atoms with van der Waals surface area (Å²) in [6.07, 6.45) is 3.40. The van der Waals surface area contributed by atoms with E-state index in [1.54, 1.807) is 9.58 Å². The molecule has 0 saturated carbocycles. The van der Waals surface area contributed by atoms with E-state index >= 15 is 0 Å². The maximum Gasteiger partial charge on any atom is 0.259 e. The van der Waals surface area contributed by atoms with Gasteiger partial charge in [-0.05, 0) is 55.2 Å². The van der Waals surface area contributed by atoms with Crippen LogP contribution in [0.3, 0.4) is 0 Å². The predicted molar refractivity (Wildman–Crippen MR) is 112 cm³/mol. The van der Waals surface area contributed by atoms with Gasteiger partial charge in [-0.1, -0.05) is 25.1 Å². The molecule has 6 nitrogen and oxygen atoms in total. The molecule has 2 amide bonds. The van der Waals surface area contributed by atoms with Gasteiger partial charge in [0.1, 0.15) is 17.2 Å². The fraction of sp³-hybridized carbons (Fsp3) is 0.261. The molecule has 1 N–H and O–H groups in total. The van der Waals surface area contributed by atoms with Crippen molar-refractivity contribution in [3.05, 3.63) is 77.7 Å². The first-order chi connectivity index (χ1) is 14.5. The summed E-state index contributed by atoms with van der Waals surface area (Å²) in [6, 6.07) is 14.5. The lowest BCUT2D eigenvalue weighted by Crippen LogP contribution is -2.38. The normalized spacial score (nSPS) is 14.5. The van der Waals surface area contributed by atoms with Gasteiger partial charge in [0.05, 0.1) is 11.9 Å². The Kier molecular flexibility index (Phi) is 5.61. The monoisotopic (exact) mass is 406 g/mol. The van der Waals surface area contributed by atoms with E-state index in [-0.39, 0.29) is 5.91 Å². The van der Waals surface area contributed by atoms with Crippen molar-refractivity contribution >= 4 is 17.6 Å². The van der Waals surface area contributed by atoms with Gasteiger partial charge in [0, 0.05) is 18.7 Å². The van der Waals surface area contributed by atoms with E-state index in [1.165, 1.54) is 30.5 Å². The molecule has 1 fully saturated rings. The molecule has 2 heterocycles. The molecule has 4 rings (SSSR count). The van der Waals surface area contributed by atoms with Crippen molar-refractivity contribution in [3.63, 3.8) is 0 Å². The fourth-order valence-electron chi connectivity index (χ4n) is 3.55. The van der Waals surface area contributed by atoms with Crippen molar-refractivity contribution in [2.45, 2.75) is 19.8 Å². The van der Waals surface area contributed by atoms with E-state index in [1.807, 2.05) is 30.3 Å². The third kappa shape index (κ3) is 4.10. The zero-order valence-electron chi connectivity index (χ0n) is 16.7. The van der Waals surface area contributed by atoms with Gasteiger partial charge >= 0.3 is 0 Å². The molecule has 1 saturated heterocycles. The number of carbonyl (C=O) groups is 2. The number of carbonyl (C=O) groups excluding carboxylic acids is 2. The lowest BCUT2D eigenvalue weighted by Gasteiger charge is -2.30. The summed E-state index contributed by atoms with van der Waals surface area (Å²) in [5.74, 6) is -0.110. The van der Waals surface area contributed by atoms with Crippen molar-refractivity contribution in [1.29, 1.82) is 0 Å². The van der Waals surface area contributed by atoms with Crippen LogP contribution in [0.15, 0.2) is 60.8 Å². The van der Waals surface area contributed by atoms with Gasteiger partial charge < -0.3 is 10.2 Å². The van der Waals surface area contributed by atoms with Crippen molar-refractivity contribution < 1.29 is 14.0 Å². The first kappa shape index (κ1) is 19.8. The maximum absolute atomic E-state index is 13.2. The summed E-state index contributed by atoms with van der Waals surface area (Å²) in [5.41, 5.74) is 1.35. The number of amides is 2. The molecule has 30 heavy (non-hydrogen) atoms. The molecule has 0 aliphatic carbocycles. The van der Waals surface area contributed by atoms with E-state index in [2.05, 4.69) is 17.3 Å². The number of halogens is 1. The van der Waals surface area contributed by atoms with Crippen molar-refractivity contribution in [3.8, 4) is 5.69 Å². The number of hydrogen-bond donors (Lipinski definition) is 1. The number of nitrogens with one attached hydrogen (secondary N) is 1. The Bertz CT molecular complexity index is 1040. The summed E-state index contributed by atoms with van der Waals surface area (Å²) in [7, 11) is 0. The van der Waals surface area contributed by atoms with E-state index in [0.29, 0.717) is 36.0 Å². The number of benzene rings is 2. The van der Waals surface area contributed by atoms with Crippen LogP contribution in [0.5, 0.6) is 0 Å². The van der Waals surface area contributed by atoms with Crippen LogP contribution in [0, 0.1) is 11.7 Å². The number of para-hydroxylation sites is 1. The van der Waals surface area contributed by atoms with Crippen molar-refractivity contribution in [2.75, 3.05) is 18.4 Å². The quantitative estimate of drug-likeness (QED) is 0.708. The number of nitrogens with zero attached hydrogens (tertiary/aromatic N) is 3. The lowest BCUT2D eigenvalue weighted by molar-refractivity contribution is 0.0698. The Morgan fingerprint density at radius 2 is 1.70 bits per heavy atom. The smallest absolute Gasteiger partial charge is 0.259 e. The molecule has 0 spiro atoms. The molecule has 7 heteroatoms. The molecule has 1 aliphatic heterocycles. The van der Waals surface area contributed by atoms with E-state index < -0.39 is 11.7 Å². The summed E-state index contributed by atoms with van der Waals surface area (Å²) in [6.45, 7) is 3.55. The van der Waals surface area contributed by atoms with Crippen LogP contribution in [0.1, 0.15) is 40.5 Å². The molecule has 0 unspecified atom stereocenters. The molecule has 1 aliphatic rings. The second kappa shape index (κ2) is 8.49. The minimum Gasteiger partial charge on any atom is -0.338 e. The zero-order valence-corrected chi connectivity index (χ0v) is 16.7. The SMILES string of the molecule is CC1CCN(C(=O)c2cnn(-c3ccccc3)c2NC(=O)c2ccc(F)cc2)CC1. The van der Waals surface area contributed by atoms with Crippen LogP contribution in [0.25, 0.3) is 5.69 Å². The van der Waals surface area contributed by atoms with Gasteiger partial charge in [0.2, 0.25) is 0 Å². The van der Waals surface area contributed by atoms with Gasteiger partial charge in [0.25, 0.3) is 11.8 Å². The van der Waals surface area contributed by atoms with Crippen LogP contribution >= 0.6 is 0 Å². The third-order valence-electron chi connectivity index (χ3n) is 5.41. The Balaban J connectivity index is 1.68. The number of anilines is 1. The van der Waals surface area contributed by atoms with Gasteiger partial charge in [-0.25, -0.2) is 9.07 Å². The average Bonchev–Trinajstić information content (AvgIpc) is 3.18. The van der Waals surface area contributed by atoms with Crippen LogP contribution in [-0.2, 0) is 0 Å². The fourth-order valence-corrected chi connectivity index (χ4v) is 3.55. The van der Waals surface area contributed by atoms with Crippen LogP contribution in [-0.4, -0.2) is 39.6 Å². The molecule has 3 aromatic rings. The molecule has 2 aromatic carbocycles. The molecule has 0 radical (unpaired) electrons. The number of hydrogen-bond acceptors (Lipinski definition) is 3. The molecule has 0 atom stereocenters. The van der Waals surface area contributed by atoms with Gasteiger partial charge in [-0.3, -0.25) is 9.59 Å². The lowest BCUT2D eigenvalue weighted by atomic mass is 9.99. The highest BCUT2D eigenvalue weighted by Crippen LogP contribution is 2.25. The molecule has 0 bridgehead atoms. The zero-order chi connectivity index (χ0) is 21.1. The van der Waals surface area contributed by atoms with Crippen LogP contribution in [0.4, 0.5) is 10.2 Å². The van der Waals surface area contributed by atoms with Gasteiger partial charge in [-0.2, -0.15) is 5.10 Å². The van der Waals surface area contributed by atoms with Crippen molar-refractivity contribution in [1.82, 2.24) is 14.7 Å². The highest BCUT2D eigenvalue weighted by atomic mass is 19.1. The number of aromatic nitrogens is 2. The summed E-state index contributed by atoms with van der Waals surface area (Å²) in [5, 5.41) is 7.19. The average molecular weight is 406 g/mol. The van der Waals surface area contributed by atoms with Crippen molar-refractivity contribution in [2.24, 2.45) is 5.92 Å². The predicted octanol–water partition coefficient (Wildman–Crippen LogP) is 4.14. The molecule has 1 aromatic heterocycles. The highest BCUT2D eigenvalue weighted by Gasteiger charge is 2.27. The van der Waals surface area contributed by atoms with Crippen LogP contribution in [0.2, 0.25) is 0 Å². The Labute approximate surface area is 174 Å². The van der Waals surface area contributed by atoms with Gasteiger partial charge in [-0.15, -0.1) is 0 Å². The van der Waals surface area contributed by atoms with E-state index in [9.17, 15) is 14.0 Å². The number of piperidine rings is 1. The Morgan fingerprint density at radius 1 is 1.03 bits per heavy atom. The molecular formula is C23H23FN4O2. The number of rotatable bonds is 4. The topological polar surface area (TPSA) is 67.2 Å². The summed E-state index contributed by atoms with van der Waals surface area (Å²) < 4.78 is 14.8. The van der Waals surface area contributed by atoms with E-state index in [4.69, 9.17) is 0 Å². The Hall–Kier alpha value is -3.48. The summed E-state index contributed by atoms with van der Waals surface area (Å²) >= 11 is 0. The minimum atomic E-state index is -0.436. The summed E-state index contributed by atoms with van der Waals surface area (Å²) in [4.78, 5) is 27.8. The van der Waals surface area contributed by atoms with Gasteiger partial charge in [0.15, 0.2) is 0 Å². The standard InChI is InChI=1S/C23H23FN4O2/c1-16-11-13-27(14-12-16)23(30)20-15-25-28(19-5-3-2-4-6-19)21(20)26-22(29)17-7-9-18(24)10-8-17/h2-10,15-16H,11-14H2,1H3,(H,26,29). The maximum atomic E-state index is 13.2. The molecular weight excluding hydrogens is 383 g/mol. The highest BCUT2D eigenvalue weighted by molar-refractivity contribution is 6.08. The van der Waals surface area contributed by atoms with E-state index in [0.717, 1.165) is 18.5 Å². The van der Waals surface area contributed by atoms with Crippen LogP contribution < -0.4 is 5.32 Å². The largest absolute Gasteiger partial charge is 0.338 e. The second-order valence-electron chi connectivity index (χ2n) is 7.59. The number of likely N-dealkylation sites (tertiary alicyclic amines) is 1. The minimum absolute atomic E-state index is 0.154. The second-order valence-corrected chi connectivity index (χ2v) is 7.59. The first-order valence-electron chi connectivity index (χ1n) is 10.0.